The molecule has 0 fully saturated rings. The lowest BCUT2D eigenvalue weighted by atomic mass is 10.0. The van der Waals surface area contributed by atoms with Crippen LogP contribution >= 0.6 is 7.82 Å². The van der Waals surface area contributed by atoms with Gasteiger partial charge in [-0.15, -0.1) is 0 Å². The predicted octanol–water partition coefficient (Wildman–Crippen LogP) is 10.7. The van der Waals surface area contributed by atoms with Gasteiger partial charge in [-0.2, -0.15) is 10.1 Å². The number of hydrogen-bond donors (Lipinski definition) is 1. The highest BCUT2D eigenvalue weighted by Gasteiger charge is 2.28. The van der Waals surface area contributed by atoms with Crippen molar-refractivity contribution in [3.63, 3.8) is 0 Å². The van der Waals surface area contributed by atoms with Crippen molar-refractivity contribution in [1.29, 1.82) is 0 Å². The van der Waals surface area contributed by atoms with Crippen molar-refractivity contribution in [1.82, 2.24) is 5.48 Å². The monoisotopic (exact) mass is 519 g/mol. The van der Waals surface area contributed by atoms with E-state index in [0.717, 1.165) is 19.3 Å². The predicted molar refractivity (Wildman–Crippen MR) is 152 cm³/mol. The molecule has 5 nitrogen and oxygen atoms in total. The summed E-state index contributed by atoms with van der Waals surface area (Å²) in [6, 6.07) is 0. The Labute approximate surface area is 219 Å². The van der Waals surface area contributed by atoms with Gasteiger partial charge < -0.3 is 0 Å². The van der Waals surface area contributed by atoms with Crippen molar-refractivity contribution in [3.05, 3.63) is 0 Å². The van der Waals surface area contributed by atoms with Gasteiger partial charge in [-0.3, -0.25) is 9.05 Å². The molecule has 0 aliphatic carbocycles. The van der Waals surface area contributed by atoms with E-state index in [1.165, 1.54) is 122 Å². The first-order valence-corrected chi connectivity index (χ1v) is 16.8. The van der Waals surface area contributed by atoms with Crippen LogP contribution in [0.25, 0.3) is 0 Å². The number of nitrogens with one attached hydrogen (secondary N) is 1. The molecule has 0 saturated carbocycles. The van der Waals surface area contributed by atoms with Gasteiger partial charge in [0.1, 0.15) is 0 Å². The van der Waals surface area contributed by atoms with Gasteiger partial charge >= 0.3 is 7.82 Å². The zero-order valence-electron chi connectivity index (χ0n) is 24.1. The van der Waals surface area contributed by atoms with E-state index < -0.39 is 7.82 Å². The number of unbranched alkanes of at least 4 members (excludes halogenated alkanes) is 20. The fourth-order valence-electron chi connectivity index (χ4n) is 4.27. The van der Waals surface area contributed by atoms with Crippen LogP contribution in [0, 0.1) is 0 Å². The van der Waals surface area contributed by atoms with E-state index in [-0.39, 0.29) is 6.10 Å². The Balaban J connectivity index is 3.56. The highest BCUT2D eigenvalue weighted by atomic mass is 31.2. The normalized spacial score (nSPS) is 13.5. The zero-order valence-corrected chi connectivity index (χ0v) is 25.0. The third kappa shape index (κ3) is 26.9. The van der Waals surface area contributed by atoms with E-state index in [2.05, 4.69) is 19.3 Å². The van der Waals surface area contributed by atoms with Crippen LogP contribution in [0.1, 0.15) is 169 Å². The molecular formula is C29H62NO4P. The first kappa shape index (κ1) is 35.1. The average Bonchev–Trinajstić information content (AvgIpc) is 2.82. The molecule has 0 saturated heterocycles. The van der Waals surface area contributed by atoms with E-state index in [1.54, 1.807) is 0 Å². The van der Waals surface area contributed by atoms with Crippen molar-refractivity contribution in [2.45, 2.75) is 175 Å². The van der Waals surface area contributed by atoms with Gasteiger partial charge in [-0.1, -0.05) is 142 Å². The summed E-state index contributed by atoms with van der Waals surface area (Å²) in [5.74, 6) is 0. The molecule has 0 rings (SSSR count). The summed E-state index contributed by atoms with van der Waals surface area (Å²) in [5.41, 5.74) is 2.84. The summed E-state index contributed by atoms with van der Waals surface area (Å²) in [6.07, 6.45) is 28.4. The molecule has 1 unspecified atom stereocenters. The second-order valence-electron chi connectivity index (χ2n) is 10.5. The van der Waals surface area contributed by atoms with Crippen LogP contribution in [0.2, 0.25) is 0 Å². The Kier molecular flexibility index (Phi) is 27.2. The molecular weight excluding hydrogens is 457 g/mol. The zero-order chi connectivity index (χ0) is 25.9. The summed E-state index contributed by atoms with van der Waals surface area (Å²) in [6.45, 7) is 9.28. The third-order valence-corrected chi connectivity index (χ3v) is 7.93. The SMILES string of the molecule is CCCCCCCCCCCCCCCCCCNOP(=O)(OCCCCCCCC)OC(C)C. The largest absolute Gasteiger partial charge is 0.491 e. The van der Waals surface area contributed by atoms with Crippen molar-refractivity contribution < 1.29 is 18.2 Å². The Hall–Kier alpha value is 0.0700. The number of hydroxylamine groups is 1. The summed E-state index contributed by atoms with van der Waals surface area (Å²) in [7, 11) is -3.54. The molecule has 0 aliphatic heterocycles. The number of phosphoric acid groups is 1. The lowest BCUT2D eigenvalue weighted by Crippen LogP contribution is -2.18. The van der Waals surface area contributed by atoms with E-state index in [0.29, 0.717) is 13.2 Å². The molecule has 1 atom stereocenters. The first-order chi connectivity index (χ1) is 17.0. The Morgan fingerprint density at radius 3 is 1.34 bits per heavy atom. The van der Waals surface area contributed by atoms with Crippen LogP contribution in [0.15, 0.2) is 0 Å². The van der Waals surface area contributed by atoms with Gasteiger partial charge in [-0.25, -0.2) is 4.57 Å². The molecule has 0 aliphatic rings. The summed E-state index contributed by atoms with van der Waals surface area (Å²) >= 11 is 0. The molecule has 0 spiro atoms. The van der Waals surface area contributed by atoms with E-state index >= 15 is 0 Å². The average molecular weight is 520 g/mol. The summed E-state index contributed by atoms with van der Waals surface area (Å²) in [5, 5.41) is 0. The second-order valence-corrected chi connectivity index (χ2v) is 12.0. The molecule has 0 heterocycles. The first-order valence-electron chi connectivity index (χ1n) is 15.4. The lowest BCUT2D eigenvalue weighted by molar-refractivity contribution is 0.0542. The van der Waals surface area contributed by atoms with Gasteiger partial charge in [0.15, 0.2) is 0 Å². The molecule has 0 radical (unpaired) electrons. The number of rotatable bonds is 29. The highest BCUT2D eigenvalue weighted by molar-refractivity contribution is 7.48. The van der Waals surface area contributed by atoms with Crippen molar-refractivity contribution in [2.75, 3.05) is 13.2 Å². The number of phosphoric ester groups is 1. The van der Waals surface area contributed by atoms with Gasteiger partial charge in [-0.05, 0) is 26.7 Å². The maximum absolute atomic E-state index is 12.8. The molecule has 212 valence electrons. The molecule has 0 aromatic carbocycles. The van der Waals surface area contributed by atoms with Crippen LogP contribution in [-0.4, -0.2) is 19.3 Å². The van der Waals surface area contributed by atoms with Crippen LogP contribution in [0.3, 0.4) is 0 Å². The minimum atomic E-state index is -3.54. The van der Waals surface area contributed by atoms with E-state index in [9.17, 15) is 4.57 Å². The third-order valence-electron chi connectivity index (χ3n) is 6.40. The second kappa shape index (κ2) is 27.1. The van der Waals surface area contributed by atoms with Crippen molar-refractivity contribution >= 4 is 7.82 Å². The maximum Gasteiger partial charge on any atom is 0.491 e. The molecule has 1 N–H and O–H groups in total. The fourth-order valence-corrected chi connectivity index (χ4v) is 5.54. The minimum absolute atomic E-state index is 0.206. The Morgan fingerprint density at radius 2 is 0.943 bits per heavy atom. The summed E-state index contributed by atoms with van der Waals surface area (Å²) < 4.78 is 29.2. The molecule has 6 heteroatoms. The van der Waals surface area contributed by atoms with Crippen LogP contribution in [0.5, 0.6) is 0 Å². The van der Waals surface area contributed by atoms with Crippen LogP contribution in [0.4, 0.5) is 0 Å². The topological polar surface area (TPSA) is 56.8 Å². The Bertz CT molecular complexity index is 462. The van der Waals surface area contributed by atoms with Crippen molar-refractivity contribution in [2.24, 2.45) is 0 Å². The van der Waals surface area contributed by atoms with Crippen molar-refractivity contribution in [3.8, 4) is 0 Å². The molecule has 0 bridgehead atoms. The maximum atomic E-state index is 12.8. The van der Waals surface area contributed by atoms with Gasteiger partial charge in [0, 0.05) is 6.54 Å². The Morgan fingerprint density at radius 1 is 0.571 bits per heavy atom. The molecule has 35 heavy (non-hydrogen) atoms. The van der Waals surface area contributed by atoms with E-state index in [1.807, 2.05) is 13.8 Å². The van der Waals surface area contributed by atoms with Gasteiger partial charge in [0.05, 0.1) is 12.7 Å². The van der Waals surface area contributed by atoms with Gasteiger partial charge in [0.2, 0.25) is 0 Å². The quantitative estimate of drug-likeness (QED) is 0.0605. The van der Waals surface area contributed by atoms with Crippen LogP contribution < -0.4 is 5.48 Å². The molecule has 0 aromatic rings. The lowest BCUT2D eigenvalue weighted by Gasteiger charge is -2.20. The number of hydrogen-bond acceptors (Lipinski definition) is 5. The molecule has 0 amide bonds. The summed E-state index contributed by atoms with van der Waals surface area (Å²) in [4.78, 5) is 0. The molecule has 0 aromatic heterocycles. The minimum Gasteiger partial charge on any atom is -0.286 e. The standard InChI is InChI=1S/C29H62NO4P/c1-5-7-9-11-13-14-15-16-17-18-19-20-21-22-23-25-27-30-34-35(31,33-29(3)4)32-28-26-24-12-10-8-6-2/h29-30H,5-28H2,1-4H3. The fraction of sp³-hybridized carbons (Fsp3) is 1.00. The smallest absolute Gasteiger partial charge is 0.286 e. The van der Waals surface area contributed by atoms with E-state index in [4.69, 9.17) is 13.7 Å². The van der Waals surface area contributed by atoms with Gasteiger partial charge in [0.25, 0.3) is 0 Å². The highest BCUT2D eigenvalue weighted by Crippen LogP contribution is 2.49. The van der Waals surface area contributed by atoms with Crippen LogP contribution in [-0.2, 0) is 18.2 Å².